The van der Waals surface area contributed by atoms with Crippen LogP contribution in [0.25, 0.3) is 0 Å². The molecule has 0 aromatic heterocycles. The molecular formula is C8H7BrNO2. The Bertz CT molecular complexity index is 284. The van der Waals surface area contributed by atoms with Crippen LogP contribution in [-0.4, -0.2) is 4.92 Å². The SMILES string of the molecule is [CH2]C(Br)(c1ccccc1)[N+](=O)[O-]. The highest BCUT2D eigenvalue weighted by atomic mass is 79.9. The molecule has 0 fully saturated rings. The Labute approximate surface area is 78.7 Å². The zero-order valence-corrected chi connectivity index (χ0v) is 7.82. The van der Waals surface area contributed by atoms with Gasteiger partial charge in [0.1, 0.15) is 0 Å². The van der Waals surface area contributed by atoms with Crippen LogP contribution in [0, 0.1) is 17.0 Å². The summed E-state index contributed by atoms with van der Waals surface area (Å²) in [6, 6.07) is 8.58. The summed E-state index contributed by atoms with van der Waals surface area (Å²) in [5, 5.41) is 10.5. The lowest BCUT2D eigenvalue weighted by Gasteiger charge is -2.12. The molecule has 0 amide bonds. The molecule has 3 nitrogen and oxygen atoms in total. The van der Waals surface area contributed by atoms with Gasteiger partial charge in [-0.1, -0.05) is 30.3 Å². The van der Waals surface area contributed by atoms with Gasteiger partial charge in [0.15, 0.2) is 0 Å². The maximum absolute atomic E-state index is 10.5. The molecule has 1 aromatic rings. The van der Waals surface area contributed by atoms with Crippen LogP contribution in [0.5, 0.6) is 0 Å². The molecule has 0 spiro atoms. The smallest absolute Gasteiger partial charge is 0.263 e. The zero-order valence-electron chi connectivity index (χ0n) is 6.24. The van der Waals surface area contributed by atoms with Crippen LogP contribution in [0.2, 0.25) is 0 Å². The van der Waals surface area contributed by atoms with Crippen molar-refractivity contribution < 1.29 is 4.92 Å². The molecule has 0 saturated carbocycles. The van der Waals surface area contributed by atoms with E-state index in [4.69, 9.17) is 0 Å². The lowest BCUT2D eigenvalue weighted by atomic mass is 10.1. The van der Waals surface area contributed by atoms with Crippen molar-refractivity contribution in [2.75, 3.05) is 0 Å². The van der Waals surface area contributed by atoms with Gasteiger partial charge in [-0.25, -0.2) is 0 Å². The highest BCUT2D eigenvalue weighted by Crippen LogP contribution is 2.30. The predicted molar refractivity (Wildman–Crippen MR) is 49.4 cm³/mol. The van der Waals surface area contributed by atoms with Crippen molar-refractivity contribution in [2.24, 2.45) is 0 Å². The zero-order chi connectivity index (χ0) is 9.19. The number of benzene rings is 1. The third kappa shape index (κ3) is 1.64. The average molecular weight is 229 g/mol. The largest absolute Gasteiger partial charge is 0.299 e. The minimum absolute atomic E-state index is 0.470. The molecule has 0 aliphatic heterocycles. The molecule has 12 heavy (non-hydrogen) atoms. The summed E-state index contributed by atoms with van der Waals surface area (Å²) >= 11 is 2.94. The summed E-state index contributed by atoms with van der Waals surface area (Å²) in [6.45, 7) is 3.46. The predicted octanol–water partition coefficient (Wildman–Crippen LogP) is 2.35. The maximum Gasteiger partial charge on any atom is 0.299 e. The van der Waals surface area contributed by atoms with E-state index in [9.17, 15) is 10.1 Å². The van der Waals surface area contributed by atoms with Crippen LogP contribution in [-0.2, 0) is 4.45 Å². The molecule has 1 aromatic carbocycles. The Morgan fingerprint density at radius 2 is 1.92 bits per heavy atom. The van der Waals surface area contributed by atoms with E-state index >= 15 is 0 Å². The summed E-state index contributed by atoms with van der Waals surface area (Å²) in [5.74, 6) is 0. The monoisotopic (exact) mass is 228 g/mol. The molecular weight excluding hydrogens is 222 g/mol. The molecule has 1 rings (SSSR count). The molecule has 0 N–H and O–H groups in total. The van der Waals surface area contributed by atoms with Crippen LogP contribution in [0.4, 0.5) is 0 Å². The molecule has 0 heterocycles. The molecule has 0 aliphatic carbocycles. The third-order valence-corrected chi connectivity index (χ3v) is 2.25. The molecule has 0 saturated heterocycles. The molecule has 4 heteroatoms. The minimum Gasteiger partial charge on any atom is -0.263 e. The van der Waals surface area contributed by atoms with Gasteiger partial charge in [0, 0.05) is 33.3 Å². The van der Waals surface area contributed by atoms with Crippen molar-refractivity contribution in [3.8, 4) is 0 Å². The van der Waals surface area contributed by atoms with Gasteiger partial charge in [0.2, 0.25) is 0 Å². The summed E-state index contributed by atoms with van der Waals surface area (Å²) in [6.07, 6.45) is 0. The van der Waals surface area contributed by atoms with Gasteiger partial charge in [0.05, 0.1) is 0 Å². The number of rotatable bonds is 2. The highest BCUT2D eigenvalue weighted by molar-refractivity contribution is 9.09. The average Bonchev–Trinajstić information content (AvgIpc) is 2.06. The van der Waals surface area contributed by atoms with Gasteiger partial charge in [-0.3, -0.25) is 10.1 Å². The van der Waals surface area contributed by atoms with Crippen LogP contribution >= 0.6 is 15.9 Å². The van der Waals surface area contributed by atoms with Gasteiger partial charge in [-0.2, -0.15) is 0 Å². The van der Waals surface area contributed by atoms with Gasteiger partial charge in [-0.15, -0.1) is 0 Å². The first-order valence-corrected chi connectivity index (χ1v) is 4.08. The van der Waals surface area contributed by atoms with Crippen molar-refractivity contribution >= 4 is 15.9 Å². The molecule has 0 bridgehead atoms. The molecule has 1 unspecified atom stereocenters. The molecule has 1 atom stereocenters. The first-order valence-electron chi connectivity index (χ1n) is 3.29. The Balaban J connectivity index is 3.06. The second-order valence-electron chi connectivity index (χ2n) is 2.38. The van der Waals surface area contributed by atoms with Crippen LogP contribution in [0.15, 0.2) is 30.3 Å². The molecule has 63 valence electrons. The van der Waals surface area contributed by atoms with Crippen LogP contribution in [0.1, 0.15) is 5.56 Å². The lowest BCUT2D eigenvalue weighted by molar-refractivity contribution is -0.530. The van der Waals surface area contributed by atoms with Gasteiger partial charge in [-0.05, 0) is 0 Å². The number of nitrogens with zero attached hydrogens (tertiary/aromatic N) is 1. The Morgan fingerprint density at radius 3 is 2.33 bits per heavy atom. The van der Waals surface area contributed by atoms with E-state index in [-0.39, 0.29) is 0 Å². The number of hydrogen-bond donors (Lipinski definition) is 0. The summed E-state index contributed by atoms with van der Waals surface area (Å²) in [7, 11) is 0. The third-order valence-electron chi connectivity index (χ3n) is 1.51. The van der Waals surface area contributed by atoms with E-state index < -0.39 is 9.37 Å². The Hall–Kier alpha value is -0.900. The van der Waals surface area contributed by atoms with E-state index in [1.54, 1.807) is 30.3 Å². The fraction of sp³-hybridized carbons (Fsp3) is 0.125. The topological polar surface area (TPSA) is 43.1 Å². The van der Waals surface area contributed by atoms with Crippen molar-refractivity contribution in [3.05, 3.63) is 52.9 Å². The number of alkyl halides is 1. The molecule has 0 aliphatic rings. The van der Waals surface area contributed by atoms with E-state index in [2.05, 4.69) is 22.9 Å². The van der Waals surface area contributed by atoms with Crippen molar-refractivity contribution in [1.82, 2.24) is 0 Å². The van der Waals surface area contributed by atoms with Crippen LogP contribution in [0.3, 0.4) is 0 Å². The molecule has 1 radical (unpaired) electrons. The lowest BCUT2D eigenvalue weighted by Crippen LogP contribution is -2.24. The second-order valence-corrected chi connectivity index (χ2v) is 3.69. The van der Waals surface area contributed by atoms with Crippen molar-refractivity contribution in [3.63, 3.8) is 0 Å². The fourth-order valence-electron chi connectivity index (χ4n) is 0.799. The van der Waals surface area contributed by atoms with E-state index in [1.807, 2.05) is 0 Å². The minimum atomic E-state index is -1.42. The summed E-state index contributed by atoms with van der Waals surface area (Å²) in [4.78, 5) is 10.0. The van der Waals surface area contributed by atoms with E-state index in [0.717, 1.165) is 0 Å². The van der Waals surface area contributed by atoms with E-state index in [1.165, 1.54) is 0 Å². The standard InChI is InChI=1S/C8H7BrNO2/c1-8(9,10(11)12)7-5-3-2-4-6-7/h2-6H,1H2. The first-order chi connectivity index (χ1) is 5.55. The fourth-order valence-corrected chi connectivity index (χ4v) is 1.06. The Kier molecular flexibility index (Phi) is 2.47. The van der Waals surface area contributed by atoms with Gasteiger partial charge >= 0.3 is 0 Å². The highest BCUT2D eigenvalue weighted by Gasteiger charge is 2.35. The van der Waals surface area contributed by atoms with E-state index in [0.29, 0.717) is 5.56 Å². The van der Waals surface area contributed by atoms with Gasteiger partial charge in [0.25, 0.3) is 4.45 Å². The van der Waals surface area contributed by atoms with Gasteiger partial charge < -0.3 is 0 Å². The van der Waals surface area contributed by atoms with Crippen molar-refractivity contribution in [2.45, 2.75) is 4.45 Å². The number of hydrogen-bond acceptors (Lipinski definition) is 2. The van der Waals surface area contributed by atoms with Crippen LogP contribution < -0.4 is 0 Å². The first kappa shape index (κ1) is 9.19. The number of nitro groups is 1. The normalized spacial score (nSPS) is 15.2. The van der Waals surface area contributed by atoms with Crippen molar-refractivity contribution in [1.29, 1.82) is 0 Å². The summed E-state index contributed by atoms with van der Waals surface area (Å²) in [5.41, 5.74) is 0.537. The maximum atomic E-state index is 10.5. The quantitative estimate of drug-likeness (QED) is 0.338. The Morgan fingerprint density at radius 1 is 1.42 bits per heavy atom. The number of halogens is 1. The summed E-state index contributed by atoms with van der Waals surface area (Å²) < 4.78 is -1.42. The second kappa shape index (κ2) is 3.23.